The predicted octanol–water partition coefficient (Wildman–Crippen LogP) is 1.54. The molecule has 2 atom stereocenters. The standard InChI is InChI=1S/C18H25N3O2/c1-13-8-9-19-11-16(13)20-18(23)15-6-4-14(5-7-15)12-21-10-2-3-17(21)22/h4-7,13,16,19H,2-3,8-12H2,1H3,(H,20,23). The summed E-state index contributed by atoms with van der Waals surface area (Å²) < 4.78 is 0. The third-order valence-corrected chi connectivity index (χ3v) is 4.91. The molecule has 2 N–H and O–H groups in total. The Hall–Kier alpha value is -1.88. The van der Waals surface area contributed by atoms with E-state index in [0.717, 1.165) is 38.0 Å². The molecule has 0 aliphatic carbocycles. The predicted molar refractivity (Wildman–Crippen MR) is 89.0 cm³/mol. The van der Waals surface area contributed by atoms with Crippen molar-refractivity contribution < 1.29 is 9.59 Å². The van der Waals surface area contributed by atoms with Gasteiger partial charge in [0.1, 0.15) is 0 Å². The normalized spacial score (nSPS) is 24.7. The summed E-state index contributed by atoms with van der Waals surface area (Å²) in [4.78, 5) is 25.9. The van der Waals surface area contributed by atoms with Gasteiger partial charge in [0.2, 0.25) is 5.91 Å². The minimum atomic E-state index is -0.0191. The summed E-state index contributed by atoms with van der Waals surface area (Å²) in [5.74, 6) is 0.709. The molecule has 0 spiro atoms. The van der Waals surface area contributed by atoms with Crippen molar-refractivity contribution in [1.82, 2.24) is 15.5 Å². The van der Waals surface area contributed by atoms with Gasteiger partial charge in [-0.05, 0) is 43.0 Å². The summed E-state index contributed by atoms with van der Waals surface area (Å²) in [6.07, 6.45) is 2.70. The molecule has 2 amide bonds. The highest BCUT2D eigenvalue weighted by atomic mass is 16.2. The lowest BCUT2D eigenvalue weighted by atomic mass is 9.94. The lowest BCUT2D eigenvalue weighted by Gasteiger charge is -2.30. The van der Waals surface area contributed by atoms with Gasteiger partial charge in [-0.25, -0.2) is 0 Å². The number of piperidine rings is 1. The van der Waals surface area contributed by atoms with Crippen LogP contribution in [0.4, 0.5) is 0 Å². The van der Waals surface area contributed by atoms with Crippen molar-refractivity contribution in [2.45, 2.75) is 38.8 Å². The van der Waals surface area contributed by atoms with E-state index < -0.39 is 0 Å². The van der Waals surface area contributed by atoms with Gasteiger partial charge in [-0.3, -0.25) is 9.59 Å². The first-order valence-corrected chi connectivity index (χ1v) is 8.52. The lowest BCUT2D eigenvalue weighted by molar-refractivity contribution is -0.128. The zero-order valence-corrected chi connectivity index (χ0v) is 13.7. The summed E-state index contributed by atoms with van der Waals surface area (Å²) in [5, 5.41) is 6.44. The quantitative estimate of drug-likeness (QED) is 0.886. The largest absolute Gasteiger partial charge is 0.348 e. The first-order chi connectivity index (χ1) is 11.1. The molecule has 124 valence electrons. The van der Waals surface area contributed by atoms with E-state index in [1.54, 1.807) is 0 Å². The van der Waals surface area contributed by atoms with Crippen LogP contribution in [0.2, 0.25) is 0 Å². The van der Waals surface area contributed by atoms with Gasteiger partial charge >= 0.3 is 0 Å². The third kappa shape index (κ3) is 3.91. The van der Waals surface area contributed by atoms with E-state index in [4.69, 9.17) is 0 Å². The average Bonchev–Trinajstić information content (AvgIpc) is 2.95. The van der Waals surface area contributed by atoms with Gasteiger partial charge in [0.15, 0.2) is 0 Å². The molecule has 5 heteroatoms. The fourth-order valence-corrected chi connectivity index (χ4v) is 3.29. The number of nitrogens with one attached hydrogen (secondary N) is 2. The maximum atomic E-state index is 12.4. The van der Waals surface area contributed by atoms with Crippen molar-refractivity contribution in [3.05, 3.63) is 35.4 Å². The Morgan fingerprint density at radius 1 is 1.35 bits per heavy atom. The van der Waals surface area contributed by atoms with Crippen molar-refractivity contribution in [3.8, 4) is 0 Å². The molecule has 2 fully saturated rings. The van der Waals surface area contributed by atoms with E-state index in [1.165, 1.54) is 0 Å². The highest BCUT2D eigenvalue weighted by molar-refractivity contribution is 5.94. The molecule has 2 aliphatic heterocycles. The molecule has 2 unspecified atom stereocenters. The summed E-state index contributed by atoms with van der Waals surface area (Å²) in [6.45, 7) is 5.53. The van der Waals surface area contributed by atoms with E-state index in [-0.39, 0.29) is 17.9 Å². The van der Waals surface area contributed by atoms with Crippen LogP contribution in [0, 0.1) is 5.92 Å². The van der Waals surface area contributed by atoms with Crippen LogP contribution < -0.4 is 10.6 Å². The first-order valence-electron chi connectivity index (χ1n) is 8.52. The maximum absolute atomic E-state index is 12.4. The Bertz CT molecular complexity index is 570. The van der Waals surface area contributed by atoms with Gasteiger partial charge in [0, 0.05) is 37.7 Å². The third-order valence-electron chi connectivity index (χ3n) is 4.91. The topological polar surface area (TPSA) is 61.4 Å². The smallest absolute Gasteiger partial charge is 0.251 e. The second-order valence-electron chi connectivity index (χ2n) is 6.67. The molecule has 1 aromatic rings. The molecule has 3 rings (SSSR count). The molecule has 5 nitrogen and oxygen atoms in total. The highest BCUT2D eigenvalue weighted by Gasteiger charge is 2.23. The molecule has 2 aliphatic rings. The fraction of sp³-hybridized carbons (Fsp3) is 0.556. The minimum Gasteiger partial charge on any atom is -0.348 e. The summed E-state index contributed by atoms with van der Waals surface area (Å²) in [6, 6.07) is 7.79. The number of rotatable bonds is 4. The molecule has 0 bridgehead atoms. The number of hydrogen-bond donors (Lipinski definition) is 2. The summed E-state index contributed by atoms with van der Waals surface area (Å²) >= 11 is 0. The average molecular weight is 315 g/mol. The van der Waals surface area contributed by atoms with E-state index >= 15 is 0 Å². The molecule has 2 heterocycles. The van der Waals surface area contributed by atoms with Crippen LogP contribution in [0.25, 0.3) is 0 Å². The minimum absolute atomic E-state index is 0.0191. The van der Waals surface area contributed by atoms with Crippen LogP contribution in [-0.4, -0.2) is 42.4 Å². The van der Waals surface area contributed by atoms with Gasteiger partial charge < -0.3 is 15.5 Å². The molecule has 0 saturated carbocycles. The fourth-order valence-electron chi connectivity index (χ4n) is 3.29. The monoisotopic (exact) mass is 315 g/mol. The highest BCUT2D eigenvalue weighted by Crippen LogP contribution is 2.16. The molecule has 0 radical (unpaired) electrons. The Balaban J connectivity index is 1.57. The van der Waals surface area contributed by atoms with Crippen molar-refractivity contribution in [1.29, 1.82) is 0 Å². The van der Waals surface area contributed by atoms with Crippen LogP contribution in [0.3, 0.4) is 0 Å². The molecule has 1 aromatic carbocycles. The van der Waals surface area contributed by atoms with Gasteiger partial charge in [0.25, 0.3) is 5.91 Å². The number of carbonyl (C=O) groups excluding carboxylic acids is 2. The Morgan fingerprint density at radius 2 is 2.13 bits per heavy atom. The van der Waals surface area contributed by atoms with Crippen LogP contribution in [0.1, 0.15) is 42.1 Å². The molecule has 2 saturated heterocycles. The molecular weight excluding hydrogens is 290 g/mol. The number of hydrogen-bond acceptors (Lipinski definition) is 3. The van der Waals surface area contributed by atoms with Crippen LogP contribution in [0.15, 0.2) is 24.3 Å². The number of likely N-dealkylation sites (tertiary alicyclic amines) is 1. The number of carbonyl (C=O) groups is 2. The van der Waals surface area contributed by atoms with Crippen LogP contribution >= 0.6 is 0 Å². The Morgan fingerprint density at radius 3 is 2.78 bits per heavy atom. The van der Waals surface area contributed by atoms with Crippen LogP contribution in [-0.2, 0) is 11.3 Å². The van der Waals surface area contributed by atoms with E-state index in [2.05, 4.69) is 17.6 Å². The van der Waals surface area contributed by atoms with Crippen LogP contribution in [0.5, 0.6) is 0 Å². The number of nitrogens with zero attached hydrogens (tertiary/aromatic N) is 1. The van der Waals surface area contributed by atoms with Crippen molar-refractivity contribution in [2.24, 2.45) is 5.92 Å². The van der Waals surface area contributed by atoms with Gasteiger partial charge in [0.05, 0.1) is 0 Å². The van der Waals surface area contributed by atoms with E-state index in [1.807, 2.05) is 29.2 Å². The van der Waals surface area contributed by atoms with Crippen molar-refractivity contribution >= 4 is 11.8 Å². The van der Waals surface area contributed by atoms with E-state index in [9.17, 15) is 9.59 Å². The second-order valence-corrected chi connectivity index (χ2v) is 6.67. The van der Waals surface area contributed by atoms with Gasteiger partial charge in [-0.2, -0.15) is 0 Å². The zero-order chi connectivity index (χ0) is 16.2. The Labute approximate surface area is 137 Å². The summed E-state index contributed by atoms with van der Waals surface area (Å²) in [7, 11) is 0. The molecule has 23 heavy (non-hydrogen) atoms. The van der Waals surface area contributed by atoms with Gasteiger partial charge in [-0.15, -0.1) is 0 Å². The van der Waals surface area contributed by atoms with Gasteiger partial charge in [-0.1, -0.05) is 19.1 Å². The number of amides is 2. The SMILES string of the molecule is CC1CCNCC1NC(=O)c1ccc(CN2CCCC2=O)cc1. The van der Waals surface area contributed by atoms with Crippen molar-refractivity contribution in [2.75, 3.05) is 19.6 Å². The lowest BCUT2D eigenvalue weighted by Crippen LogP contribution is -2.50. The number of benzene rings is 1. The molecule has 0 aromatic heterocycles. The maximum Gasteiger partial charge on any atom is 0.251 e. The first kappa shape index (κ1) is 16.0. The Kier molecular flexibility index (Phi) is 4.96. The second kappa shape index (κ2) is 7.13. The molecular formula is C18H25N3O2. The van der Waals surface area contributed by atoms with Crippen molar-refractivity contribution in [3.63, 3.8) is 0 Å². The van der Waals surface area contributed by atoms with E-state index in [0.29, 0.717) is 24.4 Å². The summed E-state index contributed by atoms with van der Waals surface area (Å²) in [5.41, 5.74) is 1.75. The zero-order valence-electron chi connectivity index (χ0n) is 13.7.